The Bertz CT molecular complexity index is 1070. The van der Waals surface area contributed by atoms with Crippen LogP contribution < -0.4 is 4.74 Å². The van der Waals surface area contributed by atoms with E-state index in [4.69, 9.17) is 4.74 Å². The van der Waals surface area contributed by atoms with Gasteiger partial charge < -0.3 is 4.74 Å². The zero-order valence-electron chi connectivity index (χ0n) is 20.1. The lowest BCUT2D eigenvalue weighted by Gasteiger charge is -2.30. The van der Waals surface area contributed by atoms with Crippen molar-refractivity contribution in [3.8, 4) is 16.9 Å². The summed E-state index contributed by atoms with van der Waals surface area (Å²) in [4.78, 5) is 13.5. The van der Waals surface area contributed by atoms with Gasteiger partial charge in [-0.05, 0) is 41.9 Å². The Morgan fingerprint density at radius 3 is 1.84 bits per heavy atom. The third kappa shape index (κ3) is 5.07. The molecule has 0 radical (unpaired) electrons. The van der Waals surface area contributed by atoms with E-state index in [-0.39, 0.29) is 16.8 Å². The van der Waals surface area contributed by atoms with Gasteiger partial charge in [-0.2, -0.15) is 0 Å². The Hall–Kier alpha value is -2.87. The molecule has 0 aromatic heterocycles. The molecule has 0 aliphatic carbocycles. The van der Waals surface area contributed by atoms with Crippen LogP contribution in [0.4, 0.5) is 0 Å². The van der Waals surface area contributed by atoms with Gasteiger partial charge in [-0.25, -0.2) is 4.79 Å². The predicted octanol–water partition coefficient (Wildman–Crippen LogP) is 7.78. The Labute approximate surface area is 187 Å². The van der Waals surface area contributed by atoms with Gasteiger partial charge in [0.25, 0.3) is 0 Å². The van der Waals surface area contributed by atoms with Crippen LogP contribution in [0, 0.1) is 13.8 Å². The molecular weight excluding hydrogens is 380 g/mol. The highest BCUT2D eigenvalue weighted by molar-refractivity contribution is 5.98. The molecule has 0 heterocycles. The molecule has 0 unspecified atom stereocenters. The van der Waals surface area contributed by atoms with Crippen LogP contribution in [0.3, 0.4) is 0 Å². The van der Waals surface area contributed by atoms with Gasteiger partial charge in [-0.1, -0.05) is 107 Å². The van der Waals surface area contributed by atoms with Gasteiger partial charge in [0.1, 0.15) is 5.75 Å². The summed E-state index contributed by atoms with van der Waals surface area (Å²) in [5.74, 6) is 0.367. The normalized spacial score (nSPS) is 12.0. The van der Waals surface area contributed by atoms with E-state index in [1.165, 1.54) is 5.56 Å². The molecule has 3 aromatic carbocycles. The molecule has 0 aliphatic heterocycles. The molecule has 0 saturated carbocycles. The van der Waals surface area contributed by atoms with Crippen molar-refractivity contribution < 1.29 is 9.53 Å². The summed E-state index contributed by atoms with van der Waals surface area (Å²) in [5.41, 5.74) is 6.61. The van der Waals surface area contributed by atoms with Gasteiger partial charge >= 0.3 is 5.97 Å². The average molecular weight is 415 g/mol. The SMILES string of the molecule is Cc1cccc(-c2ccccc2C(=O)Oc2c(C(C)(C)C)cc(C)cc2C(C)(C)C)c1. The minimum absolute atomic E-state index is 0.155. The second kappa shape index (κ2) is 8.34. The highest BCUT2D eigenvalue weighted by atomic mass is 16.5. The van der Waals surface area contributed by atoms with Gasteiger partial charge in [-0.3, -0.25) is 0 Å². The van der Waals surface area contributed by atoms with Gasteiger partial charge in [0, 0.05) is 11.1 Å². The summed E-state index contributed by atoms with van der Waals surface area (Å²) in [6.45, 7) is 17.1. The molecular formula is C29H34O2. The standard InChI is InChI=1S/C29H34O2/c1-19-12-11-13-21(16-19)22-14-9-10-15-23(22)27(30)31-26-24(28(3,4)5)17-20(2)18-25(26)29(6,7)8/h9-18H,1-8H3. The quantitative estimate of drug-likeness (QED) is 0.323. The summed E-state index contributed by atoms with van der Waals surface area (Å²) in [6, 6.07) is 20.2. The van der Waals surface area contributed by atoms with Crippen LogP contribution >= 0.6 is 0 Å². The first-order valence-electron chi connectivity index (χ1n) is 10.9. The van der Waals surface area contributed by atoms with Gasteiger partial charge in [-0.15, -0.1) is 0 Å². The molecule has 0 saturated heterocycles. The van der Waals surface area contributed by atoms with Crippen LogP contribution in [0.5, 0.6) is 5.75 Å². The fourth-order valence-electron chi connectivity index (χ4n) is 3.87. The van der Waals surface area contributed by atoms with Gasteiger partial charge in [0.05, 0.1) is 5.56 Å². The van der Waals surface area contributed by atoms with Gasteiger partial charge in [0.15, 0.2) is 0 Å². The molecule has 3 rings (SSSR count). The highest BCUT2D eigenvalue weighted by Gasteiger charge is 2.29. The maximum Gasteiger partial charge on any atom is 0.344 e. The van der Waals surface area contributed by atoms with E-state index in [1.807, 2.05) is 36.4 Å². The fraction of sp³-hybridized carbons (Fsp3) is 0.345. The van der Waals surface area contributed by atoms with E-state index < -0.39 is 0 Å². The van der Waals surface area contributed by atoms with Crippen molar-refractivity contribution in [2.75, 3.05) is 0 Å². The second-order valence-corrected chi connectivity index (χ2v) is 10.5. The van der Waals surface area contributed by atoms with E-state index in [9.17, 15) is 4.79 Å². The van der Waals surface area contributed by atoms with Crippen molar-refractivity contribution >= 4 is 5.97 Å². The average Bonchev–Trinajstić information content (AvgIpc) is 2.67. The maximum absolute atomic E-state index is 13.5. The number of hydrogen-bond donors (Lipinski definition) is 0. The van der Waals surface area contributed by atoms with Crippen LogP contribution in [-0.2, 0) is 10.8 Å². The van der Waals surface area contributed by atoms with Crippen LogP contribution in [0.1, 0.15) is 74.2 Å². The first-order valence-corrected chi connectivity index (χ1v) is 10.9. The number of carbonyl (C=O) groups excluding carboxylic acids is 1. The zero-order valence-corrected chi connectivity index (χ0v) is 20.1. The number of hydrogen-bond acceptors (Lipinski definition) is 2. The molecule has 31 heavy (non-hydrogen) atoms. The number of rotatable bonds is 3. The van der Waals surface area contributed by atoms with E-state index in [0.29, 0.717) is 11.3 Å². The number of ether oxygens (including phenoxy) is 1. The monoisotopic (exact) mass is 414 g/mol. The molecule has 2 nitrogen and oxygen atoms in total. The summed E-state index contributed by atoms with van der Waals surface area (Å²) in [6.07, 6.45) is 0. The summed E-state index contributed by atoms with van der Waals surface area (Å²) in [7, 11) is 0. The highest BCUT2D eigenvalue weighted by Crippen LogP contribution is 2.41. The number of aryl methyl sites for hydroxylation is 2. The molecule has 0 aliphatic rings. The molecule has 0 spiro atoms. The molecule has 3 aromatic rings. The third-order valence-corrected chi connectivity index (χ3v) is 5.52. The second-order valence-electron chi connectivity index (χ2n) is 10.5. The summed E-state index contributed by atoms with van der Waals surface area (Å²) in [5, 5.41) is 0. The summed E-state index contributed by atoms with van der Waals surface area (Å²) >= 11 is 0. The van der Waals surface area contributed by atoms with Crippen molar-refractivity contribution in [1.82, 2.24) is 0 Å². The molecule has 0 fully saturated rings. The maximum atomic E-state index is 13.5. The zero-order chi connectivity index (χ0) is 23.0. The minimum atomic E-state index is -0.322. The topological polar surface area (TPSA) is 26.3 Å². The van der Waals surface area contributed by atoms with Crippen molar-refractivity contribution in [3.05, 3.63) is 88.5 Å². The van der Waals surface area contributed by atoms with Crippen LogP contribution in [0.2, 0.25) is 0 Å². The molecule has 0 N–H and O–H groups in total. The number of esters is 1. The van der Waals surface area contributed by atoms with E-state index in [2.05, 4.69) is 79.7 Å². The number of carbonyl (C=O) groups is 1. The molecule has 0 amide bonds. The Morgan fingerprint density at radius 2 is 1.29 bits per heavy atom. The molecule has 0 bridgehead atoms. The van der Waals surface area contributed by atoms with Crippen LogP contribution in [-0.4, -0.2) is 5.97 Å². The molecule has 162 valence electrons. The lowest BCUT2D eigenvalue weighted by Crippen LogP contribution is -2.22. The predicted molar refractivity (Wildman–Crippen MR) is 130 cm³/mol. The first kappa shape index (κ1) is 22.8. The lowest BCUT2D eigenvalue weighted by molar-refractivity contribution is 0.0729. The van der Waals surface area contributed by atoms with Crippen molar-refractivity contribution in [1.29, 1.82) is 0 Å². The third-order valence-electron chi connectivity index (χ3n) is 5.52. The van der Waals surface area contributed by atoms with Crippen molar-refractivity contribution in [3.63, 3.8) is 0 Å². The van der Waals surface area contributed by atoms with Crippen molar-refractivity contribution in [2.45, 2.75) is 66.2 Å². The van der Waals surface area contributed by atoms with E-state index in [0.717, 1.165) is 27.8 Å². The fourth-order valence-corrected chi connectivity index (χ4v) is 3.87. The Morgan fingerprint density at radius 1 is 0.710 bits per heavy atom. The Kier molecular flexibility index (Phi) is 6.14. The number of benzene rings is 3. The molecule has 0 atom stereocenters. The smallest absolute Gasteiger partial charge is 0.344 e. The Balaban J connectivity index is 2.14. The van der Waals surface area contributed by atoms with E-state index >= 15 is 0 Å². The van der Waals surface area contributed by atoms with E-state index in [1.54, 1.807) is 0 Å². The summed E-state index contributed by atoms with van der Waals surface area (Å²) < 4.78 is 6.22. The molecule has 2 heteroatoms. The largest absolute Gasteiger partial charge is 0.422 e. The van der Waals surface area contributed by atoms with Gasteiger partial charge in [0.2, 0.25) is 0 Å². The van der Waals surface area contributed by atoms with Crippen molar-refractivity contribution in [2.24, 2.45) is 0 Å². The first-order chi connectivity index (χ1) is 14.4. The lowest BCUT2D eigenvalue weighted by atomic mass is 9.78. The van der Waals surface area contributed by atoms with Crippen LogP contribution in [0.25, 0.3) is 11.1 Å². The minimum Gasteiger partial charge on any atom is -0.422 e. The van der Waals surface area contributed by atoms with Crippen LogP contribution in [0.15, 0.2) is 60.7 Å².